The third-order valence-electron chi connectivity index (χ3n) is 3.56. The van der Waals surface area contributed by atoms with Gasteiger partial charge < -0.3 is 20.0 Å². The summed E-state index contributed by atoms with van der Waals surface area (Å²) in [6, 6.07) is 16.4. The largest absolute Gasteiger partial charge is 0.619 e. The molecule has 28 heavy (non-hydrogen) atoms. The molecule has 2 aromatic carbocycles. The van der Waals surface area contributed by atoms with E-state index in [-0.39, 0.29) is 5.56 Å². The number of hydrogen-bond donors (Lipinski definition) is 1. The molecular weight excluding hydrogens is 384 g/mol. The van der Waals surface area contributed by atoms with Crippen molar-refractivity contribution >= 4 is 29.2 Å². The number of carbonyl (C=O) groups is 2. The summed E-state index contributed by atoms with van der Waals surface area (Å²) in [5.74, 6) is -0.310. The Labute approximate surface area is 165 Å². The van der Waals surface area contributed by atoms with Crippen LogP contribution in [0, 0.1) is 5.21 Å². The van der Waals surface area contributed by atoms with Gasteiger partial charge in [-0.25, -0.2) is 4.79 Å². The second-order valence-corrected chi connectivity index (χ2v) is 6.06. The Hall–Kier alpha value is -3.58. The number of carbonyl (C=O) groups excluding carboxylic acids is 2. The fourth-order valence-corrected chi connectivity index (χ4v) is 2.43. The zero-order valence-corrected chi connectivity index (χ0v) is 15.3. The quantitative estimate of drug-likeness (QED) is 0.389. The molecule has 7 nitrogen and oxygen atoms in total. The molecule has 0 aliphatic heterocycles. The number of hydrogen-bond acceptors (Lipinski definition) is 5. The van der Waals surface area contributed by atoms with Gasteiger partial charge in [0, 0.05) is 17.2 Å². The Morgan fingerprint density at radius 1 is 1.04 bits per heavy atom. The number of ether oxygens (including phenoxy) is 2. The average molecular weight is 399 g/mol. The van der Waals surface area contributed by atoms with Crippen molar-refractivity contribution in [1.82, 2.24) is 0 Å². The molecule has 0 saturated carbocycles. The summed E-state index contributed by atoms with van der Waals surface area (Å²) >= 11 is 6.00. The minimum absolute atomic E-state index is 0.163. The van der Waals surface area contributed by atoms with Crippen LogP contribution in [0.4, 0.5) is 5.69 Å². The van der Waals surface area contributed by atoms with Gasteiger partial charge in [0.05, 0.1) is 11.3 Å². The van der Waals surface area contributed by atoms with Crippen LogP contribution in [0.2, 0.25) is 5.02 Å². The van der Waals surface area contributed by atoms with Crippen LogP contribution in [-0.4, -0.2) is 18.5 Å². The lowest BCUT2D eigenvalue weighted by atomic mass is 10.2. The van der Waals surface area contributed by atoms with E-state index in [2.05, 4.69) is 5.32 Å². The lowest BCUT2D eigenvalue weighted by Gasteiger charge is -2.13. The van der Waals surface area contributed by atoms with Crippen LogP contribution < -0.4 is 14.8 Å². The van der Waals surface area contributed by atoms with Gasteiger partial charge in [0.25, 0.3) is 5.91 Å². The maximum absolute atomic E-state index is 12.2. The minimum atomic E-state index is -0.720. The maximum atomic E-state index is 12.2. The minimum Gasteiger partial charge on any atom is -0.619 e. The average Bonchev–Trinajstić information content (AvgIpc) is 2.69. The van der Waals surface area contributed by atoms with Gasteiger partial charge in [-0.05, 0) is 30.3 Å². The van der Waals surface area contributed by atoms with Crippen LogP contribution in [0.15, 0.2) is 73.1 Å². The first-order valence-electron chi connectivity index (χ1n) is 8.19. The Bertz CT molecular complexity index is 978. The molecule has 0 atom stereocenters. The SMILES string of the molecule is O=C(COC(=O)c1cc[n+]([O-])cc1)Nc1cc(Cl)ccc1Oc1ccccc1. The summed E-state index contributed by atoms with van der Waals surface area (Å²) in [6.07, 6.45) is 2.33. The normalized spacial score (nSPS) is 10.2. The third-order valence-corrected chi connectivity index (χ3v) is 3.79. The zero-order valence-electron chi connectivity index (χ0n) is 14.5. The van der Waals surface area contributed by atoms with E-state index in [1.165, 1.54) is 18.2 Å². The van der Waals surface area contributed by atoms with Crippen molar-refractivity contribution in [3.63, 3.8) is 0 Å². The van der Waals surface area contributed by atoms with Crippen molar-refractivity contribution in [2.75, 3.05) is 11.9 Å². The number of halogens is 1. The van der Waals surface area contributed by atoms with E-state index in [0.717, 1.165) is 12.4 Å². The highest BCUT2D eigenvalue weighted by Gasteiger charge is 2.14. The fraction of sp³-hybridized carbons (Fsp3) is 0.0500. The molecule has 1 aromatic heterocycles. The molecule has 1 amide bonds. The third kappa shape index (κ3) is 5.21. The molecule has 3 rings (SSSR count). The van der Waals surface area contributed by atoms with E-state index >= 15 is 0 Å². The summed E-state index contributed by atoms with van der Waals surface area (Å²) in [5, 5.41) is 14.0. The van der Waals surface area contributed by atoms with Gasteiger partial charge >= 0.3 is 5.97 Å². The number of pyridine rings is 1. The second kappa shape index (κ2) is 8.88. The summed E-state index contributed by atoms with van der Waals surface area (Å²) in [6.45, 7) is -0.512. The zero-order chi connectivity index (χ0) is 19.9. The first-order chi connectivity index (χ1) is 13.5. The van der Waals surface area contributed by atoms with Gasteiger partial charge in [0.15, 0.2) is 24.8 Å². The van der Waals surface area contributed by atoms with Crippen LogP contribution in [-0.2, 0) is 9.53 Å². The number of para-hydroxylation sites is 1. The molecule has 142 valence electrons. The molecular formula is C20H15ClN2O5. The van der Waals surface area contributed by atoms with Crippen molar-refractivity contribution < 1.29 is 23.8 Å². The molecule has 0 spiro atoms. The van der Waals surface area contributed by atoms with Gasteiger partial charge in [-0.1, -0.05) is 29.8 Å². The van der Waals surface area contributed by atoms with E-state index in [0.29, 0.717) is 26.9 Å². The van der Waals surface area contributed by atoms with E-state index in [9.17, 15) is 14.8 Å². The number of esters is 1. The van der Waals surface area contributed by atoms with Crippen molar-refractivity contribution in [1.29, 1.82) is 0 Å². The van der Waals surface area contributed by atoms with Gasteiger partial charge in [0.2, 0.25) is 0 Å². The standard InChI is InChI=1S/C20H15ClN2O5/c21-15-6-7-18(28-16-4-2-1-3-5-16)17(12-15)22-19(24)13-27-20(25)14-8-10-23(26)11-9-14/h1-12H,13H2,(H,22,24). The van der Waals surface area contributed by atoms with Crippen LogP contribution in [0.3, 0.4) is 0 Å². The van der Waals surface area contributed by atoms with E-state index in [1.54, 1.807) is 24.3 Å². The van der Waals surface area contributed by atoms with Crippen LogP contribution in [0.1, 0.15) is 10.4 Å². The lowest BCUT2D eigenvalue weighted by Crippen LogP contribution is -2.25. The van der Waals surface area contributed by atoms with Gasteiger partial charge in [-0.2, -0.15) is 4.73 Å². The fourth-order valence-electron chi connectivity index (χ4n) is 2.25. The molecule has 0 fully saturated rings. The smallest absolute Gasteiger partial charge is 0.339 e. The van der Waals surface area contributed by atoms with Crippen LogP contribution >= 0.6 is 11.6 Å². The molecule has 0 radical (unpaired) electrons. The summed E-state index contributed by atoms with van der Waals surface area (Å²) in [5.41, 5.74) is 0.500. The van der Waals surface area contributed by atoms with Crippen molar-refractivity contribution in [3.8, 4) is 11.5 Å². The highest BCUT2D eigenvalue weighted by Crippen LogP contribution is 2.31. The molecule has 0 bridgehead atoms. The summed E-state index contributed by atoms with van der Waals surface area (Å²) in [4.78, 5) is 24.1. The van der Waals surface area contributed by atoms with Crippen LogP contribution in [0.25, 0.3) is 0 Å². The molecule has 3 aromatic rings. The first-order valence-corrected chi connectivity index (χ1v) is 8.57. The predicted octanol–water partition coefficient (Wildman–Crippen LogP) is 3.56. The molecule has 0 saturated heterocycles. The van der Waals surface area contributed by atoms with E-state index < -0.39 is 18.5 Å². The number of aromatic nitrogens is 1. The number of amides is 1. The predicted molar refractivity (Wildman–Crippen MR) is 102 cm³/mol. The lowest BCUT2D eigenvalue weighted by molar-refractivity contribution is -0.605. The second-order valence-electron chi connectivity index (χ2n) is 5.63. The van der Waals surface area contributed by atoms with E-state index in [1.807, 2.05) is 18.2 Å². The van der Waals surface area contributed by atoms with Gasteiger partial charge in [0.1, 0.15) is 5.75 Å². The maximum Gasteiger partial charge on any atom is 0.339 e. The number of benzene rings is 2. The number of anilines is 1. The molecule has 0 unspecified atom stereocenters. The van der Waals surface area contributed by atoms with Gasteiger partial charge in [-0.3, -0.25) is 4.79 Å². The highest BCUT2D eigenvalue weighted by atomic mass is 35.5. The Balaban J connectivity index is 1.64. The molecule has 1 heterocycles. The summed E-state index contributed by atoms with van der Waals surface area (Å²) < 4.78 is 11.3. The number of nitrogens with zero attached hydrogens (tertiary/aromatic N) is 1. The molecule has 8 heteroatoms. The van der Waals surface area contributed by atoms with Crippen molar-refractivity contribution in [3.05, 3.63) is 88.9 Å². The topological polar surface area (TPSA) is 91.6 Å². The molecule has 0 aliphatic rings. The number of nitrogens with one attached hydrogen (secondary N) is 1. The van der Waals surface area contributed by atoms with Crippen molar-refractivity contribution in [2.24, 2.45) is 0 Å². The van der Waals surface area contributed by atoms with Gasteiger partial charge in [-0.15, -0.1) is 0 Å². The molecule has 0 aliphatic carbocycles. The Morgan fingerprint density at radius 2 is 1.75 bits per heavy atom. The first kappa shape index (κ1) is 19.2. The van der Waals surface area contributed by atoms with Crippen LogP contribution in [0.5, 0.6) is 11.5 Å². The molecule has 1 N–H and O–H groups in total. The van der Waals surface area contributed by atoms with E-state index in [4.69, 9.17) is 21.1 Å². The highest BCUT2D eigenvalue weighted by molar-refractivity contribution is 6.31. The number of rotatable bonds is 6. The van der Waals surface area contributed by atoms with Crippen molar-refractivity contribution in [2.45, 2.75) is 0 Å². The monoisotopic (exact) mass is 398 g/mol. The Kier molecular flexibility index (Phi) is 6.08. The summed E-state index contributed by atoms with van der Waals surface area (Å²) in [7, 11) is 0. The Morgan fingerprint density at radius 3 is 2.46 bits per heavy atom.